The van der Waals surface area contributed by atoms with E-state index in [-0.39, 0.29) is 153 Å². The molecule has 4 heteroatoms. The molecule has 0 amide bonds. The van der Waals surface area contributed by atoms with Crippen LogP contribution in [0, 0.1) is 7.43 Å². The van der Waals surface area contributed by atoms with Gasteiger partial charge in [0.2, 0.25) is 0 Å². The number of rotatable bonds is 2. The standard InChI is InChI=1S/C5H12.2CH4.CH3.4Y/c1-3-5-4-2;;;;;;;/h3-5H2,1-2H3;2*1H4;1H3;;;;/q;;;-1;;;;. The SMILES string of the molecule is C.C.CCCCC.[CH3-].[Y].[Y].[Y].[Y]. The monoisotopic (exact) mass is 475 g/mol. The minimum Gasteiger partial charge on any atom is -0.358 e. The molecule has 0 nitrogen and oxygen atoms in total. The summed E-state index contributed by atoms with van der Waals surface area (Å²) < 4.78 is 0. The second-order valence-corrected chi connectivity index (χ2v) is 1.35. The van der Waals surface area contributed by atoms with E-state index in [4.69, 9.17) is 0 Å². The van der Waals surface area contributed by atoms with Gasteiger partial charge in [0.05, 0.1) is 0 Å². The summed E-state index contributed by atoms with van der Waals surface area (Å²) in [4.78, 5) is 0. The molecular formula is C8H23Y4-. The molecule has 0 aliphatic rings. The summed E-state index contributed by atoms with van der Waals surface area (Å²) in [6.07, 6.45) is 4.08. The van der Waals surface area contributed by atoms with Gasteiger partial charge >= 0.3 is 0 Å². The number of hydrogen-bond donors (Lipinski definition) is 0. The third-order valence-electron chi connectivity index (χ3n) is 0.707. The molecule has 0 bridgehead atoms. The Hall–Kier alpha value is 4.42. The van der Waals surface area contributed by atoms with Crippen molar-refractivity contribution < 1.29 is 131 Å². The van der Waals surface area contributed by atoms with Crippen LogP contribution in [0.1, 0.15) is 48.0 Å². The Kier molecular flexibility index (Phi) is 267. The summed E-state index contributed by atoms with van der Waals surface area (Å²) in [6.45, 7) is 4.42. The first-order chi connectivity index (χ1) is 2.41. The first-order valence-electron chi connectivity index (χ1n) is 2.41. The van der Waals surface area contributed by atoms with Crippen molar-refractivity contribution in [2.45, 2.75) is 48.0 Å². The molecule has 4 radical (unpaired) electrons. The zero-order valence-corrected chi connectivity index (χ0v) is 18.8. The van der Waals surface area contributed by atoms with Crippen LogP contribution in [0.5, 0.6) is 0 Å². The van der Waals surface area contributed by atoms with Crippen molar-refractivity contribution in [2.24, 2.45) is 0 Å². The molecule has 0 heterocycles. The molecule has 0 saturated heterocycles. The van der Waals surface area contributed by atoms with Gasteiger partial charge < -0.3 is 7.43 Å². The Bertz CT molecular complexity index is 18.5. The Morgan fingerprint density at radius 1 is 0.667 bits per heavy atom. The van der Waals surface area contributed by atoms with E-state index in [0.717, 1.165) is 0 Å². The fourth-order valence-corrected chi connectivity index (χ4v) is 0.354. The molecule has 0 aliphatic heterocycles. The Morgan fingerprint density at radius 3 is 0.833 bits per heavy atom. The van der Waals surface area contributed by atoms with Gasteiger partial charge in [0.1, 0.15) is 0 Å². The van der Waals surface area contributed by atoms with E-state index in [1.165, 1.54) is 19.3 Å². The average Bonchev–Trinajstić information content (AvgIpc) is 1.41. The van der Waals surface area contributed by atoms with E-state index < -0.39 is 0 Å². The second-order valence-electron chi connectivity index (χ2n) is 1.35. The molecule has 0 rings (SSSR count). The Morgan fingerprint density at radius 2 is 0.833 bits per heavy atom. The van der Waals surface area contributed by atoms with Crippen LogP contribution in [-0.4, -0.2) is 0 Å². The van der Waals surface area contributed by atoms with Crippen LogP contribution in [0.15, 0.2) is 0 Å². The summed E-state index contributed by atoms with van der Waals surface area (Å²) in [5.41, 5.74) is 0. The van der Waals surface area contributed by atoms with Crippen molar-refractivity contribution in [3.05, 3.63) is 7.43 Å². The maximum atomic E-state index is 2.21. The molecular weight excluding hydrogens is 452 g/mol. The second kappa shape index (κ2) is 58.3. The van der Waals surface area contributed by atoms with Crippen LogP contribution in [0.3, 0.4) is 0 Å². The third-order valence-corrected chi connectivity index (χ3v) is 0.707. The van der Waals surface area contributed by atoms with Gasteiger partial charge in [0.15, 0.2) is 0 Å². The predicted molar refractivity (Wildman–Crippen MR) is 45.1 cm³/mol. The summed E-state index contributed by atoms with van der Waals surface area (Å²) in [5, 5.41) is 0. The molecule has 0 unspecified atom stereocenters. The van der Waals surface area contributed by atoms with Gasteiger partial charge in [-0.05, 0) is 0 Å². The minimum atomic E-state index is 0. The predicted octanol–water partition coefficient (Wildman–Crippen LogP) is 3.91. The topological polar surface area (TPSA) is 0 Å². The first-order valence-corrected chi connectivity index (χ1v) is 2.41. The van der Waals surface area contributed by atoms with E-state index in [0.29, 0.717) is 0 Å². The average molecular weight is 475 g/mol. The molecule has 0 N–H and O–H groups in total. The molecule has 12 heavy (non-hydrogen) atoms. The summed E-state index contributed by atoms with van der Waals surface area (Å²) >= 11 is 0. The van der Waals surface area contributed by atoms with E-state index in [1.807, 2.05) is 0 Å². The smallest absolute Gasteiger partial charge is 0 e. The van der Waals surface area contributed by atoms with Crippen molar-refractivity contribution in [1.82, 2.24) is 0 Å². The zero-order valence-electron chi connectivity index (χ0n) is 7.43. The van der Waals surface area contributed by atoms with Gasteiger partial charge in [-0.3, -0.25) is 0 Å². The molecule has 68 valence electrons. The molecule has 0 aromatic heterocycles. The van der Waals surface area contributed by atoms with E-state index in [9.17, 15) is 0 Å². The molecule has 0 aromatic carbocycles. The van der Waals surface area contributed by atoms with Crippen molar-refractivity contribution in [2.75, 3.05) is 0 Å². The van der Waals surface area contributed by atoms with Gasteiger partial charge in [0, 0.05) is 131 Å². The largest absolute Gasteiger partial charge is 0.358 e. The van der Waals surface area contributed by atoms with Gasteiger partial charge in [-0.15, -0.1) is 0 Å². The fraction of sp³-hybridized carbons (Fsp3) is 0.875. The number of unbranched alkanes of at least 4 members (excludes halogenated alkanes) is 2. The summed E-state index contributed by atoms with van der Waals surface area (Å²) in [7, 11) is 0. The van der Waals surface area contributed by atoms with Gasteiger partial charge in [-0.2, -0.15) is 0 Å². The molecule has 0 fully saturated rings. The quantitative estimate of drug-likeness (QED) is 0.532. The van der Waals surface area contributed by atoms with Crippen molar-refractivity contribution >= 4 is 0 Å². The van der Waals surface area contributed by atoms with Crippen molar-refractivity contribution in [1.29, 1.82) is 0 Å². The molecule has 0 aliphatic carbocycles. The fourth-order valence-electron chi connectivity index (χ4n) is 0.354. The van der Waals surface area contributed by atoms with Crippen LogP contribution < -0.4 is 0 Å². The first kappa shape index (κ1) is 55.1. The summed E-state index contributed by atoms with van der Waals surface area (Å²) in [6, 6.07) is 0. The van der Waals surface area contributed by atoms with Crippen LogP contribution in [0.4, 0.5) is 0 Å². The Balaban J connectivity index is -0.00000000381. The van der Waals surface area contributed by atoms with E-state index in [2.05, 4.69) is 13.8 Å². The van der Waals surface area contributed by atoms with Gasteiger partial charge in [0.25, 0.3) is 0 Å². The minimum absolute atomic E-state index is 0. The van der Waals surface area contributed by atoms with Crippen LogP contribution in [0.2, 0.25) is 0 Å². The zero-order chi connectivity index (χ0) is 4.12. The third kappa shape index (κ3) is 63.0. The Labute approximate surface area is 182 Å². The maximum Gasteiger partial charge on any atom is 0 e. The molecule has 0 saturated carbocycles. The van der Waals surface area contributed by atoms with Crippen LogP contribution >= 0.6 is 0 Å². The maximum absolute atomic E-state index is 2.21. The van der Waals surface area contributed by atoms with Crippen LogP contribution in [-0.2, 0) is 131 Å². The van der Waals surface area contributed by atoms with Crippen LogP contribution in [0.25, 0.3) is 0 Å². The molecule has 0 spiro atoms. The normalized spacial score (nSPS) is 3.50. The van der Waals surface area contributed by atoms with E-state index >= 15 is 0 Å². The summed E-state index contributed by atoms with van der Waals surface area (Å²) in [5.74, 6) is 0. The van der Waals surface area contributed by atoms with Crippen molar-refractivity contribution in [3.8, 4) is 0 Å². The molecule has 0 atom stereocenters. The van der Waals surface area contributed by atoms with E-state index in [1.54, 1.807) is 0 Å². The molecule has 0 aromatic rings. The number of hydrogen-bond acceptors (Lipinski definition) is 0. The van der Waals surface area contributed by atoms with Crippen molar-refractivity contribution in [3.63, 3.8) is 0 Å². The van der Waals surface area contributed by atoms with Gasteiger partial charge in [-0.1, -0.05) is 48.0 Å². The van der Waals surface area contributed by atoms with Gasteiger partial charge in [-0.25, -0.2) is 0 Å².